The zero-order valence-corrected chi connectivity index (χ0v) is 11.2. The van der Waals surface area contributed by atoms with E-state index in [4.69, 9.17) is 23.2 Å². The van der Waals surface area contributed by atoms with Gasteiger partial charge in [-0.2, -0.15) is 0 Å². The maximum Gasteiger partial charge on any atom is 0.140 e. The van der Waals surface area contributed by atoms with Gasteiger partial charge in [-0.05, 0) is 50.6 Å². The van der Waals surface area contributed by atoms with Gasteiger partial charge >= 0.3 is 0 Å². The topological polar surface area (TPSA) is 29.1 Å². The van der Waals surface area contributed by atoms with E-state index in [2.05, 4.69) is 5.32 Å². The van der Waals surface area contributed by atoms with E-state index in [1.165, 1.54) is 0 Å². The highest BCUT2D eigenvalue weighted by atomic mass is 35.5. The lowest BCUT2D eigenvalue weighted by atomic mass is 9.70. The first-order valence-corrected chi connectivity index (χ1v) is 6.49. The van der Waals surface area contributed by atoms with Crippen LogP contribution in [-0.4, -0.2) is 18.9 Å². The first-order valence-electron chi connectivity index (χ1n) is 5.73. The molecule has 17 heavy (non-hydrogen) atoms. The number of halogens is 2. The smallest absolute Gasteiger partial charge is 0.140 e. The Balaban J connectivity index is 2.49. The van der Waals surface area contributed by atoms with Crippen LogP contribution in [0.25, 0.3) is 0 Å². The highest BCUT2D eigenvalue weighted by Crippen LogP contribution is 2.39. The van der Waals surface area contributed by atoms with Crippen LogP contribution in [0.2, 0.25) is 10.0 Å². The van der Waals surface area contributed by atoms with Crippen LogP contribution in [0.5, 0.6) is 0 Å². The van der Waals surface area contributed by atoms with E-state index in [9.17, 15) is 4.79 Å². The zero-order chi connectivity index (χ0) is 12.5. The van der Waals surface area contributed by atoms with Gasteiger partial charge in [0, 0.05) is 10.0 Å². The first kappa shape index (κ1) is 12.9. The molecule has 0 aromatic heterocycles. The summed E-state index contributed by atoms with van der Waals surface area (Å²) in [6.07, 6.45) is 1.59. The van der Waals surface area contributed by atoms with Gasteiger partial charge in [0.25, 0.3) is 0 Å². The van der Waals surface area contributed by atoms with Gasteiger partial charge in [-0.25, -0.2) is 0 Å². The predicted molar refractivity (Wildman–Crippen MR) is 70.9 cm³/mol. The summed E-state index contributed by atoms with van der Waals surface area (Å²) in [6, 6.07) is 5.40. The molecule has 92 valence electrons. The minimum absolute atomic E-state index is 0.184. The van der Waals surface area contributed by atoms with Crippen LogP contribution in [0.1, 0.15) is 25.3 Å². The average molecular weight is 272 g/mol. The van der Waals surface area contributed by atoms with Crippen molar-refractivity contribution in [1.29, 1.82) is 0 Å². The SMILES string of the molecule is CC(=O)C1(c2ccc(Cl)cc2Cl)CCNCC1. The van der Waals surface area contributed by atoms with Crippen molar-refractivity contribution in [2.24, 2.45) is 0 Å². The van der Waals surface area contributed by atoms with Crippen LogP contribution >= 0.6 is 23.2 Å². The normalized spacial score (nSPS) is 19.0. The Kier molecular flexibility index (Phi) is 3.76. The summed E-state index contributed by atoms with van der Waals surface area (Å²) in [5.41, 5.74) is 0.477. The summed E-state index contributed by atoms with van der Waals surface area (Å²) >= 11 is 12.1. The predicted octanol–water partition coefficient (Wildman–Crippen LogP) is 3.20. The minimum Gasteiger partial charge on any atom is -0.317 e. The zero-order valence-electron chi connectivity index (χ0n) is 9.72. The molecule has 1 N–H and O–H groups in total. The molecule has 0 aliphatic carbocycles. The first-order chi connectivity index (χ1) is 8.06. The molecule has 2 rings (SSSR count). The average Bonchev–Trinajstić information content (AvgIpc) is 2.29. The van der Waals surface area contributed by atoms with Gasteiger partial charge in [-0.3, -0.25) is 4.79 Å². The van der Waals surface area contributed by atoms with Gasteiger partial charge in [-0.1, -0.05) is 29.3 Å². The van der Waals surface area contributed by atoms with Crippen molar-refractivity contribution in [2.45, 2.75) is 25.2 Å². The van der Waals surface area contributed by atoms with Gasteiger partial charge in [0.05, 0.1) is 5.41 Å². The van der Waals surface area contributed by atoms with Gasteiger partial charge < -0.3 is 5.32 Å². The van der Waals surface area contributed by atoms with E-state index in [0.29, 0.717) is 10.0 Å². The van der Waals surface area contributed by atoms with E-state index in [1.807, 2.05) is 6.07 Å². The molecule has 0 bridgehead atoms. The third-order valence-electron chi connectivity index (χ3n) is 3.58. The lowest BCUT2D eigenvalue weighted by Crippen LogP contribution is -2.44. The molecule has 0 saturated carbocycles. The van der Waals surface area contributed by atoms with Gasteiger partial charge in [0.1, 0.15) is 5.78 Å². The fourth-order valence-corrected chi connectivity index (χ4v) is 3.13. The molecule has 1 aliphatic heterocycles. The highest BCUT2D eigenvalue weighted by molar-refractivity contribution is 6.35. The highest BCUT2D eigenvalue weighted by Gasteiger charge is 2.39. The molecule has 0 radical (unpaired) electrons. The summed E-state index contributed by atoms with van der Waals surface area (Å²) in [5, 5.41) is 4.47. The Morgan fingerprint density at radius 1 is 1.29 bits per heavy atom. The molecule has 1 fully saturated rings. The molecular weight excluding hydrogens is 257 g/mol. The number of carbonyl (C=O) groups is 1. The maximum absolute atomic E-state index is 12.0. The van der Waals surface area contributed by atoms with Gasteiger partial charge in [-0.15, -0.1) is 0 Å². The molecule has 1 aromatic rings. The van der Waals surface area contributed by atoms with E-state index in [-0.39, 0.29) is 5.78 Å². The molecule has 0 atom stereocenters. The maximum atomic E-state index is 12.0. The van der Waals surface area contributed by atoms with Crippen LogP contribution in [0.15, 0.2) is 18.2 Å². The minimum atomic E-state index is -0.438. The fraction of sp³-hybridized carbons (Fsp3) is 0.462. The number of rotatable bonds is 2. The number of nitrogens with one attached hydrogen (secondary N) is 1. The molecule has 0 unspecified atom stereocenters. The van der Waals surface area contributed by atoms with Crippen molar-refractivity contribution >= 4 is 29.0 Å². The van der Waals surface area contributed by atoms with E-state index in [0.717, 1.165) is 31.5 Å². The van der Waals surface area contributed by atoms with Crippen LogP contribution in [0.3, 0.4) is 0 Å². The summed E-state index contributed by atoms with van der Waals surface area (Å²) < 4.78 is 0. The van der Waals surface area contributed by atoms with Crippen LogP contribution in [0.4, 0.5) is 0 Å². The molecule has 1 aromatic carbocycles. The Morgan fingerprint density at radius 2 is 1.94 bits per heavy atom. The number of piperidine rings is 1. The van der Waals surface area contributed by atoms with Crippen LogP contribution in [-0.2, 0) is 10.2 Å². The Morgan fingerprint density at radius 3 is 2.47 bits per heavy atom. The molecule has 2 nitrogen and oxygen atoms in total. The molecule has 0 amide bonds. The molecule has 0 spiro atoms. The second kappa shape index (κ2) is 4.97. The number of benzene rings is 1. The van der Waals surface area contributed by atoms with Crippen molar-refractivity contribution in [2.75, 3.05) is 13.1 Å². The lowest BCUT2D eigenvalue weighted by molar-refractivity contribution is -0.123. The number of ketones is 1. The molecule has 1 heterocycles. The molecule has 1 saturated heterocycles. The Hall–Kier alpha value is -0.570. The van der Waals surface area contributed by atoms with Crippen molar-refractivity contribution in [3.8, 4) is 0 Å². The van der Waals surface area contributed by atoms with Crippen molar-refractivity contribution in [1.82, 2.24) is 5.32 Å². The van der Waals surface area contributed by atoms with E-state index in [1.54, 1.807) is 19.1 Å². The second-order valence-electron chi connectivity index (χ2n) is 4.51. The third kappa shape index (κ3) is 2.35. The third-order valence-corrected chi connectivity index (χ3v) is 4.13. The summed E-state index contributed by atoms with van der Waals surface area (Å²) in [7, 11) is 0. The lowest BCUT2D eigenvalue weighted by Gasteiger charge is -2.36. The van der Waals surface area contributed by atoms with E-state index < -0.39 is 5.41 Å². The van der Waals surface area contributed by atoms with Crippen molar-refractivity contribution in [3.63, 3.8) is 0 Å². The number of carbonyl (C=O) groups excluding carboxylic acids is 1. The standard InChI is InChI=1S/C13H15Cl2NO/c1-9(17)13(4-6-16-7-5-13)11-3-2-10(14)8-12(11)15/h2-3,8,16H,4-7H2,1H3. The number of hydrogen-bond donors (Lipinski definition) is 1. The molecule has 4 heteroatoms. The summed E-state index contributed by atoms with van der Waals surface area (Å²) in [4.78, 5) is 12.0. The summed E-state index contributed by atoms with van der Waals surface area (Å²) in [5.74, 6) is 0.184. The molecule has 1 aliphatic rings. The monoisotopic (exact) mass is 271 g/mol. The van der Waals surface area contributed by atoms with Crippen molar-refractivity contribution < 1.29 is 4.79 Å². The van der Waals surface area contributed by atoms with E-state index >= 15 is 0 Å². The van der Waals surface area contributed by atoms with Crippen LogP contribution in [0, 0.1) is 0 Å². The number of Topliss-reactive ketones (excluding diaryl/α,β-unsaturated/α-hetero) is 1. The largest absolute Gasteiger partial charge is 0.317 e. The summed E-state index contributed by atoms with van der Waals surface area (Å²) in [6.45, 7) is 3.34. The Bertz CT molecular complexity index is 439. The number of hydrogen-bond acceptors (Lipinski definition) is 2. The quantitative estimate of drug-likeness (QED) is 0.895. The van der Waals surface area contributed by atoms with Crippen molar-refractivity contribution in [3.05, 3.63) is 33.8 Å². The Labute approximate surface area is 111 Å². The van der Waals surface area contributed by atoms with Gasteiger partial charge in [0.15, 0.2) is 0 Å². The second-order valence-corrected chi connectivity index (χ2v) is 5.36. The molecular formula is C13H15Cl2NO. The fourth-order valence-electron chi connectivity index (χ4n) is 2.54. The van der Waals surface area contributed by atoms with Crippen LogP contribution < -0.4 is 5.32 Å². The van der Waals surface area contributed by atoms with Gasteiger partial charge in [0.2, 0.25) is 0 Å².